The molecule has 4 N–H and O–H groups in total. The molecule has 0 aliphatic carbocycles. The molecule has 0 radical (unpaired) electrons. The number of anilines is 1. The molecule has 0 unspecified atom stereocenters. The van der Waals surface area contributed by atoms with Gasteiger partial charge >= 0.3 is 0 Å². The summed E-state index contributed by atoms with van der Waals surface area (Å²) >= 11 is 4.31. The Hall–Kier alpha value is -1.94. The average Bonchev–Trinajstić information content (AvgIpc) is 2.29. The zero-order valence-corrected chi connectivity index (χ0v) is 9.91. The van der Waals surface area contributed by atoms with Crippen molar-refractivity contribution in [3.8, 4) is 16.9 Å². The van der Waals surface area contributed by atoms with Gasteiger partial charge in [-0.25, -0.2) is 0 Å². The van der Waals surface area contributed by atoms with Crippen molar-refractivity contribution >= 4 is 24.5 Å². The van der Waals surface area contributed by atoms with Gasteiger partial charge in [0, 0.05) is 22.4 Å². The van der Waals surface area contributed by atoms with E-state index in [2.05, 4.69) is 12.6 Å². The minimum absolute atomic E-state index is 0.226. The predicted octanol–water partition coefficient (Wildman–Crippen LogP) is 2.93. The molecule has 0 bridgehead atoms. The van der Waals surface area contributed by atoms with Gasteiger partial charge in [0.15, 0.2) is 0 Å². The third kappa shape index (κ3) is 2.26. The standard InChI is InChI=1S/C13H12N2OS/c14-7-11-12(15)5-9(6-13(11)17)8-1-3-10(16)4-2-8/h1-7,14,16-17H,15H2. The van der Waals surface area contributed by atoms with Gasteiger partial charge in [-0.1, -0.05) is 12.1 Å². The molecule has 2 rings (SSSR count). The Morgan fingerprint density at radius 3 is 2.29 bits per heavy atom. The summed E-state index contributed by atoms with van der Waals surface area (Å²) in [7, 11) is 0. The minimum Gasteiger partial charge on any atom is -0.508 e. The Morgan fingerprint density at radius 2 is 1.76 bits per heavy atom. The van der Waals surface area contributed by atoms with Crippen LogP contribution in [0.2, 0.25) is 0 Å². The second-order valence-corrected chi connectivity index (χ2v) is 4.17. The molecule has 86 valence electrons. The molecule has 0 heterocycles. The topological polar surface area (TPSA) is 70.1 Å². The normalized spacial score (nSPS) is 10.2. The molecular formula is C13H12N2OS. The monoisotopic (exact) mass is 244 g/mol. The molecule has 0 amide bonds. The van der Waals surface area contributed by atoms with Crippen LogP contribution >= 0.6 is 12.6 Å². The highest BCUT2D eigenvalue weighted by atomic mass is 32.1. The third-order valence-corrected chi connectivity index (χ3v) is 2.91. The van der Waals surface area contributed by atoms with E-state index in [0.29, 0.717) is 16.1 Å². The average molecular weight is 244 g/mol. The van der Waals surface area contributed by atoms with Gasteiger partial charge in [-0.2, -0.15) is 0 Å². The molecule has 0 aromatic heterocycles. The van der Waals surface area contributed by atoms with E-state index in [1.54, 1.807) is 30.3 Å². The third-order valence-electron chi connectivity index (χ3n) is 2.54. The van der Waals surface area contributed by atoms with Crippen LogP contribution in [0.15, 0.2) is 41.3 Å². The molecule has 4 heteroatoms. The molecule has 0 aliphatic heterocycles. The van der Waals surface area contributed by atoms with Gasteiger partial charge in [0.05, 0.1) is 0 Å². The largest absolute Gasteiger partial charge is 0.508 e. The van der Waals surface area contributed by atoms with Gasteiger partial charge < -0.3 is 16.2 Å². The van der Waals surface area contributed by atoms with Crippen molar-refractivity contribution < 1.29 is 5.11 Å². The summed E-state index contributed by atoms with van der Waals surface area (Å²) < 4.78 is 0. The molecule has 0 aliphatic rings. The maximum absolute atomic E-state index is 9.23. The van der Waals surface area contributed by atoms with Crippen molar-refractivity contribution in [2.24, 2.45) is 0 Å². The number of nitrogens with two attached hydrogens (primary N) is 1. The van der Waals surface area contributed by atoms with E-state index in [1.165, 1.54) is 6.21 Å². The minimum atomic E-state index is 0.226. The first-order valence-corrected chi connectivity index (χ1v) is 5.49. The van der Waals surface area contributed by atoms with Crippen molar-refractivity contribution in [1.29, 1.82) is 5.41 Å². The van der Waals surface area contributed by atoms with E-state index in [-0.39, 0.29) is 5.75 Å². The van der Waals surface area contributed by atoms with E-state index in [0.717, 1.165) is 11.1 Å². The summed E-state index contributed by atoms with van der Waals surface area (Å²) in [6, 6.07) is 10.5. The quantitative estimate of drug-likeness (QED) is 0.372. The summed E-state index contributed by atoms with van der Waals surface area (Å²) in [6.07, 6.45) is 1.19. The second kappa shape index (κ2) is 4.51. The lowest BCUT2D eigenvalue weighted by Crippen LogP contribution is -1.95. The van der Waals surface area contributed by atoms with E-state index < -0.39 is 0 Å². The highest BCUT2D eigenvalue weighted by Crippen LogP contribution is 2.29. The number of aromatic hydroxyl groups is 1. The first-order chi connectivity index (χ1) is 8.11. The Labute approximate surface area is 105 Å². The van der Waals surface area contributed by atoms with Crippen LogP contribution in [0.3, 0.4) is 0 Å². The number of rotatable bonds is 2. The van der Waals surface area contributed by atoms with Crippen molar-refractivity contribution in [3.63, 3.8) is 0 Å². The van der Waals surface area contributed by atoms with E-state index >= 15 is 0 Å². The molecule has 2 aromatic carbocycles. The van der Waals surface area contributed by atoms with Crippen LogP contribution in [0.1, 0.15) is 5.56 Å². The molecular weight excluding hydrogens is 232 g/mol. The molecule has 0 spiro atoms. The van der Waals surface area contributed by atoms with Crippen LogP contribution in [-0.2, 0) is 0 Å². The molecule has 3 nitrogen and oxygen atoms in total. The Balaban J connectivity index is 2.54. The van der Waals surface area contributed by atoms with E-state index in [4.69, 9.17) is 11.1 Å². The number of phenolic OH excluding ortho intramolecular Hbond substituents is 1. The zero-order chi connectivity index (χ0) is 12.4. The van der Waals surface area contributed by atoms with Gasteiger partial charge in [0.1, 0.15) is 5.75 Å². The summed E-state index contributed by atoms with van der Waals surface area (Å²) in [5.41, 5.74) is 8.86. The molecule has 0 atom stereocenters. The molecule has 0 saturated heterocycles. The van der Waals surface area contributed by atoms with Gasteiger partial charge in [-0.05, 0) is 35.4 Å². The lowest BCUT2D eigenvalue weighted by molar-refractivity contribution is 0.475. The van der Waals surface area contributed by atoms with Crippen LogP contribution in [0.25, 0.3) is 11.1 Å². The zero-order valence-electron chi connectivity index (χ0n) is 9.01. The summed E-state index contributed by atoms with van der Waals surface area (Å²) in [4.78, 5) is 0.670. The van der Waals surface area contributed by atoms with Crippen molar-refractivity contribution in [3.05, 3.63) is 42.0 Å². The van der Waals surface area contributed by atoms with Crippen molar-refractivity contribution in [1.82, 2.24) is 0 Å². The highest BCUT2D eigenvalue weighted by molar-refractivity contribution is 7.80. The summed E-state index contributed by atoms with van der Waals surface area (Å²) in [5.74, 6) is 0.226. The Morgan fingerprint density at radius 1 is 1.12 bits per heavy atom. The van der Waals surface area contributed by atoms with Crippen LogP contribution in [0, 0.1) is 5.41 Å². The fourth-order valence-electron chi connectivity index (χ4n) is 1.64. The van der Waals surface area contributed by atoms with Crippen LogP contribution in [-0.4, -0.2) is 11.3 Å². The van der Waals surface area contributed by atoms with Gasteiger partial charge in [0.25, 0.3) is 0 Å². The molecule has 2 aromatic rings. The number of nitrogens with one attached hydrogen (secondary N) is 1. The Bertz CT molecular complexity index is 541. The van der Waals surface area contributed by atoms with Crippen molar-refractivity contribution in [2.45, 2.75) is 4.90 Å². The number of benzene rings is 2. The first kappa shape index (κ1) is 11.5. The van der Waals surface area contributed by atoms with Crippen LogP contribution in [0.5, 0.6) is 5.75 Å². The van der Waals surface area contributed by atoms with Crippen LogP contribution in [0.4, 0.5) is 5.69 Å². The summed E-state index contributed by atoms with van der Waals surface area (Å²) in [5, 5.41) is 16.5. The van der Waals surface area contributed by atoms with Crippen LogP contribution < -0.4 is 5.73 Å². The van der Waals surface area contributed by atoms with E-state index in [9.17, 15) is 5.11 Å². The maximum atomic E-state index is 9.23. The van der Waals surface area contributed by atoms with Gasteiger partial charge in [-0.3, -0.25) is 0 Å². The fraction of sp³-hybridized carbons (Fsp3) is 0. The second-order valence-electron chi connectivity index (χ2n) is 3.69. The lowest BCUT2D eigenvalue weighted by Gasteiger charge is -2.08. The lowest BCUT2D eigenvalue weighted by atomic mass is 10.0. The number of phenols is 1. The number of nitrogen functional groups attached to an aromatic ring is 1. The summed E-state index contributed by atoms with van der Waals surface area (Å²) in [6.45, 7) is 0. The van der Waals surface area contributed by atoms with E-state index in [1.807, 2.05) is 6.07 Å². The number of hydrogen-bond donors (Lipinski definition) is 4. The predicted molar refractivity (Wildman–Crippen MR) is 73.1 cm³/mol. The number of thiol groups is 1. The van der Waals surface area contributed by atoms with Crippen molar-refractivity contribution in [2.75, 3.05) is 5.73 Å². The Kier molecular flexibility index (Phi) is 3.06. The van der Waals surface area contributed by atoms with Gasteiger partial charge in [-0.15, -0.1) is 12.6 Å². The first-order valence-electron chi connectivity index (χ1n) is 5.04. The fourth-order valence-corrected chi connectivity index (χ4v) is 1.97. The molecule has 17 heavy (non-hydrogen) atoms. The smallest absolute Gasteiger partial charge is 0.115 e. The SMILES string of the molecule is N=Cc1c(N)cc(-c2ccc(O)cc2)cc1S. The highest BCUT2D eigenvalue weighted by Gasteiger charge is 2.06. The maximum Gasteiger partial charge on any atom is 0.115 e. The van der Waals surface area contributed by atoms with Gasteiger partial charge in [0.2, 0.25) is 0 Å². The number of hydrogen-bond acceptors (Lipinski definition) is 4. The molecule has 0 fully saturated rings. The molecule has 0 saturated carbocycles.